The number of carbonyl (C=O) groups is 3. The fourth-order valence-electron chi connectivity index (χ4n) is 5.21. The first-order chi connectivity index (χ1) is 20.3. The van der Waals surface area contributed by atoms with E-state index in [0.717, 1.165) is 53.5 Å². The zero-order valence-electron chi connectivity index (χ0n) is 25.0. The summed E-state index contributed by atoms with van der Waals surface area (Å²) in [7, 11) is 1.70. The van der Waals surface area contributed by atoms with Gasteiger partial charge in [0.05, 0.1) is 6.04 Å². The summed E-state index contributed by atoms with van der Waals surface area (Å²) in [6, 6.07) is 22.3. The van der Waals surface area contributed by atoms with Crippen LogP contribution < -0.4 is 10.6 Å². The number of rotatable bonds is 14. The Hall–Kier alpha value is -4.39. The Kier molecular flexibility index (Phi) is 10.5. The summed E-state index contributed by atoms with van der Waals surface area (Å²) in [4.78, 5) is 37.7. The number of unbranched alkanes of at least 4 members (excludes halogenated alkanes) is 2. The van der Waals surface area contributed by atoms with Crippen molar-refractivity contribution in [3.05, 3.63) is 95.2 Å². The molecule has 0 spiro atoms. The molecule has 2 N–H and O–H groups in total. The number of hydrogen-bond donors (Lipinski definition) is 2. The van der Waals surface area contributed by atoms with Crippen LogP contribution in [0.4, 0.5) is 11.4 Å². The second kappa shape index (κ2) is 14.5. The summed E-state index contributed by atoms with van der Waals surface area (Å²) in [6.07, 6.45) is 5.64. The van der Waals surface area contributed by atoms with Gasteiger partial charge >= 0.3 is 0 Å². The Morgan fingerprint density at radius 1 is 0.952 bits per heavy atom. The highest BCUT2D eigenvalue weighted by Gasteiger charge is 2.26. The largest absolute Gasteiger partial charge is 0.459 e. The molecule has 0 aliphatic heterocycles. The molecule has 0 aliphatic carbocycles. The summed E-state index contributed by atoms with van der Waals surface area (Å²) in [5.74, 6) is 0.881. The highest BCUT2D eigenvalue weighted by Crippen LogP contribution is 2.38. The third kappa shape index (κ3) is 7.46. The van der Waals surface area contributed by atoms with Gasteiger partial charge < -0.3 is 24.7 Å². The quantitative estimate of drug-likeness (QED) is 0.119. The first kappa shape index (κ1) is 30.6. The van der Waals surface area contributed by atoms with Gasteiger partial charge in [-0.05, 0) is 73.9 Å². The van der Waals surface area contributed by atoms with Crippen LogP contribution in [0.1, 0.15) is 84.0 Å². The SMILES string of the molecule is CCCCCC(C)C(Nc1ccc(C(=O)N(C)CCC=O)cc1)c1oc2ccc(NC(=O)c3ccccc3)cc2c1C. The maximum Gasteiger partial charge on any atom is 0.255 e. The number of nitrogens with one attached hydrogen (secondary N) is 2. The van der Waals surface area contributed by atoms with Crippen LogP contribution in [-0.4, -0.2) is 36.6 Å². The molecule has 7 heteroatoms. The van der Waals surface area contributed by atoms with Crippen molar-refractivity contribution < 1.29 is 18.8 Å². The van der Waals surface area contributed by atoms with Crippen molar-refractivity contribution in [2.75, 3.05) is 24.2 Å². The number of carbonyl (C=O) groups excluding carboxylic acids is 3. The maximum absolute atomic E-state index is 12.7. The van der Waals surface area contributed by atoms with Crippen molar-refractivity contribution >= 4 is 40.4 Å². The highest BCUT2D eigenvalue weighted by molar-refractivity contribution is 6.05. The fourth-order valence-corrected chi connectivity index (χ4v) is 5.21. The Morgan fingerprint density at radius 3 is 2.36 bits per heavy atom. The molecule has 0 aliphatic rings. The fraction of sp³-hybridized carbons (Fsp3) is 0.343. The molecule has 0 radical (unpaired) electrons. The summed E-state index contributed by atoms with van der Waals surface area (Å²) >= 11 is 0. The van der Waals surface area contributed by atoms with Crippen molar-refractivity contribution in [3.63, 3.8) is 0 Å². The van der Waals surface area contributed by atoms with Gasteiger partial charge in [0.1, 0.15) is 17.6 Å². The Bertz CT molecular complexity index is 1490. The number of hydrogen-bond acceptors (Lipinski definition) is 5. The lowest BCUT2D eigenvalue weighted by Gasteiger charge is -2.25. The van der Waals surface area contributed by atoms with E-state index in [1.807, 2.05) is 60.7 Å². The van der Waals surface area contributed by atoms with Gasteiger partial charge in [-0.2, -0.15) is 0 Å². The van der Waals surface area contributed by atoms with E-state index in [4.69, 9.17) is 4.42 Å². The van der Waals surface area contributed by atoms with E-state index in [0.29, 0.717) is 29.8 Å². The number of benzene rings is 3. The molecule has 4 rings (SSSR count). The van der Waals surface area contributed by atoms with E-state index in [2.05, 4.69) is 31.4 Å². The third-order valence-electron chi connectivity index (χ3n) is 7.76. The molecule has 7 nitrogen and oxygen atoms in total. The van der Waals surface area contributed by atoms with Crippen LogP contribution in [0.3, 0.4) is 0 Å². The molecule has 2 unspecified atom stereocenters. The second-order valence-corrected chi connectivity index (χ2v) is 11.0. The van der Waals surface area contributed by atoms with E-state index in [1.54, 1.807) is 24.1 Å². The van der Waals surface area contributed by atoms with Crippen LogP contribution in [0.25, 0.3) is 11.0 Å². The Balaban J connectivity index is 1.59. The first-order valence-electron chi connectivity index (χ1n) is 14.8. The van der Waals surface area contributed by atoms with Crippen molar-refractivity contribution in [1.82, 2.24) is 4.90 Å². The highest BCUT2D eigenvalue weighted by atomic mass is 16.3. The molecule has 2 amide bonds. The number of furan rings is 1. The molecule has 42 heavy (non-hydrogen) atoms. The summed E-state index contributed by atoms with van der Waals surface area (Å²) in [5, 5.41) is 7.65. The standard InChI is InChI=1S/C35H41N3O4/c1-5-6-8-12-24(2)32(36-28-17-15-27(16-18-28)35(41)38(4)21-11-22-39)33-25(3)30-23-29(19-20-31(30)42-33)37-34(40)26-13-9-7-10-14-26/h7,9-10,13-20,22-24,32,36H,5-6,8,11-12,21H2,1-4H3,(H,37,40). The first-order valence-corrected chi connectivity index (χ1v) is 14.8. The zero-order chi connectivity index (χ0) is 30.1. The van der Waals surface area contributed by atoms with Crippen molar-refractivity contribution in [3.8, 4) is 0 Å². The van der Waals surface area contributed by atoms with Gasteiger partial charge in [-0.1, -0.05) is 51.3 Å². The summed E-state index contributed by atoms with van der Waals surface area (Å²) in [5.41, 5.74) is 4.59. The Labute approximate surface area is 248 Å². The van der Waals surface area contributed by atoms with Crippen LogP contribution in [-0.2, 0) is 4.79 Å². The number of nitrogens with zero attached hydrogens (tertiary/aromatic N) is 1. The molecule has 220 valence electrons. The Morgan fingerprint density at radius 2 is 1.67 bits per heavy atom. The van der Waals surface area contributed by atoms with Gasteiger partial charge in [-0.25, -0.2) is 0 Å². The molecule has 0 saturated heterocycles. The van der Waals surface area contributed by atoms with Gasteiger partial charge in [0, 0.05) is 53.5 Å². The van der Waals surface area contributed by atoms with Crippen molar-refractivity contribution in [2.24, 2.45) is 5.92 Å². The molecular formula is C35H41N3O4. The minimum absolute atomic E-state index is 0.0894. The van der Waals surface area contributed by atoms with Gasteiger partial charge in [-0.15, -0.1) is 0 Å². The molecule has 0 bridgehead atoms. The van der Waals surface area contributed by atoms with Gasteiger partial charge in [-0.3, -0.25) is 9.59 Å². The predicted octanol–water partition coefficient (Wildman–Crippen LogP) is 8.02. The average molecular weight is 568 g/mol. The van der Waals surface area contributed by atoms with Gasteiger partial charge in [0.2, 0.25) is 0 Å². The lowest BCUT2D eigenvalue weighted by Crippen LogP contribution is -2.27. The number of fused-ring (bicyclic) bond motifs is 1. The minimum Gasteiger partial charge on any atom is -0.459 e. The third-order valence-corrected chi connectivity index (χ3v) is 7.76. The molecule has 4 aromatic rings. The van der Waals surface area contributed by atoms with Crippen molar-refractivity contribution in [2.45, 2.75) is 58.9 Å². The van der Waals surface area contributed by atoms with Gasteiger partial charge in [0.15, 0.2) is 0 Å². The lowest BCUT2D eigenvalue weighted by molar-refractivity contribution is -0.108. The minimum atomic E-state index is -0.155. The van der Waals surface area contributed by atoms with Gasteiger partial charge in [0.25, 0.3) is 11.8 Å². The molecular weight excluding hydrogens is 526 g/mol. The van der Waals surface area contributed by atoms with E-state index < -0.39 is 0 Å². The van der Waals surface area contributed by atoms with Crippen LogP contribution in [0.15, 0.2) is 77.2 Å². The molecule has 0 fully saturated rings. The summed E-state index contributed by atoms with van der Waals surface area (Å²) < 4.78 is 6.47. The number of amides is 2. The molecule has 3 aromatic carbocycles. The molecule has 1 aromatic heterocycles. The van der Waals surface area contributed by atoms with Crippen LogP contribution >= 0.6 is 0 Å². The van der Waals surface area contributed by atoms with Crippen molar-refractivity contribution in [1.29, 1.82) is 0 Å². The molecule has 1 heterocycles. The molecule has 0 saturated carbocycles. The number of aldehydes is 1. The van der Waals surface area contributed by atoms with Crippen LogP contribution in [0.2, 0.25) is 0 Å². The average Bonchev–Trinajstić information content (AvgIpc) is 3.34. The normalized spacial score (nSPS) is 12.5. The van der Waals surface area contributed by atoms with E-state index >= 15 is 0 Å². The van der Waals surface area contributed by atoms with E-state index in [9.17, 15) is 14.4 Å². The maximum atomic E-state index is 12.7. The van der Waals surface area contributed by atoms with Crippen LogP contribution in [0.5, 0.6) is 0 Å². The second-order valence-electron chi connectivity index (χ2n) is 11.0. The smallest absolute Gasteiger partial charge is 0.255 e. The monoisotopic (exact) mass is 567 g/mol. The van der Waals surface area contributed by atoms with E-state index in [1.165, 1.54) is 6.42 Å². The predicted molar refractivity (Wildman–Crippen MR) is 169 cm³/mol. The zero-order valence-corrected chi connectivity index (χ0v) is 25.0. The number of aryl methyl sites for hydroxylation is 1. The lowest BCUT2D eigenvalue weighted by atomic mass is 9.91. The number of anilines is 2. The summed E-state index contributed by atoms with van der Waals surface area (Å²) in [6.45, 7) is 6.90. The van der Waals surface area contributed by atoms with Crippen LogP contribution in [0, 0.1) is 12.8 Å². The van der Waals surface area contributed by atoms with E-state index in [-0.39, 0.29) is 23.8 Å². The topological polar surface area (TPSA) is 91.7 Å². The molecule has 2 atom stereocenters.